The van der Waals surface area contributed by atoms with Gasteiger partial charge in [0.05, 0.1) is 0 Å². The summed E-state index contributed by atoms with van der Waals surface area (Å²) in [6, 6.07) is 0. The van der Waals surface area contributed by atoms with E-state index in [1.165, 1.54) is 32.1 Å². The zero-order valence-electron chi connectivity index (χ0n) is 8.68. The van der Waals surface area contributed by atoms with Crippen LogP contribution < -0.4 is 0 Å². The Labute approximate surface area is 78.1 Å². The van der Waals surface area contributed by atoms with Gasteiger partial charge in [-0.05, 0) is 25.2 Å². The Hall–Kier alpha value is -0.260. The van der Waals surface area contributed by atoms with E-state index < -0.39 is 0 Å². The summed E-state index contributed by atoms with van der Waals surface area (Å²) in [5.41, 5.74) is 0. The maximum atomic E-state index is 3.87. The van der Waals surface area contributed by atoms with E-state index in [0.29, 0.717) is 0 Å². The van der Waals surface area contributed by atoms with Gasteiger partial charge in [0, 0.05) is 0 Å². The molecule has 0 fully saturated rings. The van der Waals surface area contributed by atoms with Crippen LogP contribution in [0.2, 0.25) is 0 Å². The van der Waals surface area contributed by atoms with Crippen LogP contribution in [-0.4, -0.2) is 0 Å². The fraction of sp³-hybridized carbons (Fsp3) is 0.750. The molecule has 1 radical (unpaired) electrons. The molecule has 0 aromatic heterocycles. The Kier molecular flexibility index (Phi) is 8.64. The number of hydrogen-bond acceptors (Lipinski definition) is 0. The SMILES string of the molecule is [CH2]CCC(C)CCCC=CCC. The first-order valence-electron chi connectivity index (χ1n) is 5.25. The summed E-state index contributed by atoms with van der Waals surface area (Å²) in [5.74, 6) is 0.873. The minimum Gasteiger partial charge on any atom is -0.0888 e. The molecule has 0 heterocycles. The number of allylic oxidation sites excluding steroid dienone is 2. The van der Waals surface area contributed by atoms with Crippen LogP contribution in [0, 0.1) is 12.8 Å². The van der Waals surface area contributed by atoms with Crippen LogP contribution in [0.4, 0.5) is 0 Å². The van der Waals surface area contributed by atoms with E-state index in [9.17, 15) is 0 Å². The Morgan fingerprint density at radius 1 is 1.25 bits per heavy atom. The van der Waals surface area contributed by atoms with E-state index in [0.717, 1.165) is 12.3 Å². The molecule has 0 saturated heterocycles. The quantitative estimate of drug-likeness (QED) is 0.390. The van der Waals surface area contributed by atoms with Crippen LogP contribution in [0.5, 0.6) is 0 Å². The first kappa shape index (κ1) is 11.7. The van der Waals surface area contributed by atoms with Crippen molar-refractivity contribution in [1.29, 1.82) is 0 Å². The maximum absolute atomic E-state index is 3.87. The Balaban J connectivity index is 3.13. The molecule has 0 rings (SSSR count). The molecule has 71 valence electrons. The fourth-order valence-corrected chi connectivity index (χ4v) is 1.36. The second kappa shape index (κ2) is 8.83. The van der Waals surface area contributed by atoms with Crippen molar-refractivity contribution >= 4 is 0 Å². The lowest BCUT2D eigenvalue weighted by molar-refractivity contribution is 0.480. The van der Waals surface area contributed by atoms with Gasteiger partial charge in [-0.25, -0.2) is 0 Å². The molecule has 1 atom stereocenters. The number of rotatable bonds is 7. The minimum absolute atomic E-state index is 0.873. The van der Waals surface area contributed by atoms with Crippen molar-refractivity contribution in [2.45, 2.75) is 52.4 Å². The summed E-state index contributed by atoms with van der Waals surface area (Å²) in [6.45, 7) is 8.38. The lowest BCUT2D eigenvalue weighted by Crippen LogP contribution is -1.92. The van der Waals surface area contributed by atoms with Crippen molar-refractivity contribution in [2.24, 2.45) is 5.92 Å². The molecule has 0 aliphatic heterocycles. The van der Waals surface area contributed by atoms with E-state index in [-0.39, 0.29) is 0 Å². The Morgan fingerprint density at radius 3 is 2.58 bits per heavy atom. The van der Waals surface area contributed by atoms with E-state index >= 15 is 0 Å². The van der Waals surface area contributed by atoms with Gasteiger partial charge >= 0.3 is 0 Å². The predicted molar refractivity (Wildman–Crippen MR) is 57.0 cm³/mol. The number of hydrogen-bond donors (Lipinski definition) is 0. The standard InChI is InChI=1S/C12H23/c1-4-6-7-8-9-11-12(3)10-5-2/h6-7,12H,2,4-5,8-11H2,1,3H3. The molecular weight excluding hydrogens is 144 g/mol. The van der Waals surface area contributed by atoms with Crippen LogP contribution in [0.25, 0.3) is 0 Å². The van der Waals surface area contributed by atoms with Gasteiger partial charge in [-0.3, -0.25) is 0 Å². The molecule has 0 aromatic rings. The highest BCUT2D eigenvalue weighted by molar-refractivity contribution is 4.79. The van der Waals surface area contributed by atoms with Crippen molar-refractivity contribution in [3.05, 3.63) is 19.1 Å². The predicted octanol–water partition coefficient (Wildman–Crippen LogP) is 4.37. The summed E-state index contributed by atoms with van der Waals surface area (Å²) in [7, 11) is 0. The first-order valence-corrected chi connectivity index (χ1v) is 5.25. The zero-order valence-corrected chi connectivity index (χ0v) is 8.68. The third-order valence-corrected chi connectivity index (χ3v) is 2.17. The largest absolute Gasteiger partial charge is 0.0888 e. The van der Waals surface area contributed by atoms with Crippen LogP contribution in [-0.2, 0) is 0 Å². The molecular formula is C12H23. The van der Waals surface area contributed by atoms with Gasteiger partial charge in [-0.2, -0.15) is 0 Å². The summed E-state index contributed by atoms with van der Waals surface area (Å²) in [4.78, 5) is 0. The molecule has 12 heavy (non-hydrogen) atoms. The molecule has 1 unspecified atom stereocenters. The molecule has 0 nitrogen and oxygen atoms in total. The summed E-state index contributed by atoms with van der Waals surface area (Å²) >= 11 is 0. The Morgan fingerprint density at radius 2 is 2.00 bits per heavy atom. The smallest absolute Gasteiger partial charge is 0.0351 e. The van der Waals surface area contributed by atoms with Gasteiger partial charge in [-0.15, -0.1) is 0 Å². The molecule has 0 N–H and O–H groups in total. The second-order valence-electron chi connectivity index (χ2n) is 3.56. The molecule has 0 bridgehead atoms. The van der Waals surface area contributed by atoms with Gasteiger partial charge < -0.3 is 0 Å². The minimum atomic E-state index is 0.873. The monoisotopic (exact) mass is 167 g/mol. The average molecular weight is 167 g/mol. The average Bonchev–Trinajstić information content (AvgIpc) is 2.05. The number of unbranched alkanes of at least 4 members (excludes halogenated alkanes) is 1. The maximum Gasteiger partial charge on any atom is -0.0351 e. The molecule has 0 heteroatoms. The van der Waals surface area contributed by atoms with Crippen LogP contribution in [0.3, 0.4) is 0 Å². The Bertz CT molecular complexity index is 103. The van der Waals surface area contributed by atoms with Gasteiger partial charge in [0.15, 0.2) is 0 Å². The highest BCUT2D eigenvalue weighted by atomic mass is 14.0. The fourth-order valence-electron chi connectivity index (χ4n) is 1.36. The normalized spacial score (nSPS) is 13.9. The third-order valence-electron chi connectivity index (χ3n) is 2.17. The van der Waals surface area contributed by atoms with E-state index in [1.807, 2.05) is 0 Å². The highest BCUT2D eigenvalue weighted by Crippen LogP contribution is 2.13. The summed E-state index contributed by atoms with van der Waals surface area (Å²) in [5, 5.41) is 0. The van der Waals surface area contributed by atoms with Gasteiger partial charge in [0.2, 0.25) is 0 Å². The van der Waals surface area contributed by atoms with E-state index in [2.05, 4.69) is 32.9 Å². The molecule has 0 aliphatic rings. The third kappa shape index (κ3) is 7.84. The molecule has 0 aromatic carbocycles. The zero-order chi connectivity index (χ0) is 9.23. The van der Waals surface area contributed by atoms with Crippen LogP contribution in [0.1, 0.15) is 52.4 Å². The van der Waals surface area contributed by atoms with Crippen molar-refractivity contribution in [3.8, 4) is 0 Å². The molecule has 0 spiro atoms. The highest BCUT2D eigenvalue weighted by Gasteiger charge is 1.98. The van der Waals surface area contributed by atoms with Crippen molar-refractivity contribution in [1.82, 2.24) is 0 Å². The summed E-state index contributed by atoms with van der Waals surface area (Å²) < 4.78 is 0. The lowest BCUT2D eigenvalue weighted by Gasteiger charge is -2.07. The van der Waals surface area contributed by atoms with E-state index in [4.69, 9.17) is 0 Å². The van der Waals surface area contributed by atoms with Gasteiger partial charge in [0.25, 0.3) is 0 Å². The first-order chi connectivity index (χ1) is 5.81. The molecule has 0 aliphatic carbocycles. The van der Waals surface area contributed by atoms with Crippen molar-refractivity contribution in [2.75, 3.05) is 0 Å². The van der Waals surface area contributed by atoms with E-state index in [1.54, 1.807) is 0 Å². The topological polar surface area (TPSA) is 0 Å². The van der Waals surface area contributed by atoms with Crippen molar-refractivity contribution in [3.63, 3.8) is 0 Å². The summed E-state index contributed by atoms with van der Waals surface area (Å²) in [6.07, 6.45) is 12.1. The van der Waals surface area contributed by atoms with Crippen LogP contribution >= 0.6 is 0 Å². The molecule has 0 saturated carbocycles. The van der Waals surface area contributed by atoms with Crippen LogP contribution in [0.15, 0.2) is 12.2 Å². The van der Waals surface area contributed by atoms with Gasteiger partial charge in [0.1, 0.15) is 0 Å². The lowest BCUT2D eigenvalue weighted by atomic mass is 9.99. The second-order valence-corrected chi connectivity index (χ2v) is 3.56. The van der Waals surface area contributed by atoms with Gasteiger partial charge in [-0.1, -0.05) is 52.2 Å². The molecule has 0 amide bonds. The van der Waals surface area contributed by atoms with Crippen molar-refractivity contribution < 1.29 is 0 Å².